The first-order valence-corrected chi connectivity index (χ1v) is 6.51. The third kappa shape index (κ3) is 4.52. The Kier molecular flexibility index (Phi) is 5.76. The summed E-state index contributed by atoms with van der Waals surface area (Å²) in [6.07, 6.45) is 1.59. The number of amides is 1. The maximum Gasteiger partial charge on any atom is 0.251 e. The monoisotopic (exact) mass is 266 g/mol. The van der Waals surface area contributed by atoms with E-state index in [1.165, 1.54) is 10.6 Å². The highest BCUT2D eigenvalue weighted by molar-refractivity contribution is 5.94. The molecule has 19 heavy (non-hydrogen) atoms. The van der Waals surface area contributed by atoms with Crippen molar-refractivity contribution < 1.29 is 9.53 Å². The maximum atomic E-state index is 12.1. The minimum Gasteiger partial charge on any atom is -0.380 e. The molecule has 0 bridgehead atoms. The van der Waals surface area contributed by atoms with Crippen molar-refractivity contribution >= 4 is 5.91 Å². The van der Waals surface area contributed by atoms with Crippen molar-refractivity contribution in [1.29, 1.82) is 0 Å². The largest absolute Gasteiger partial charge is 0.380 e. The first-order chi connectivity index (χ1) is 8.95. The molecule has 1 aromatic heterocycles. The van der Waals surface area contributed by atoms with E-state index in [4.69, 9.17) is 4.74 Å². The molecular weight excluding hydrogens is 244 g/mol. The molecule has 0 aromatic carbocycles. The first-order valence-electron chi connectivity index (χ1n) is 6.51. The third-order valence-corrected chi connectivity index (χ3v) is 2.99. The van der Waals surface area contributed by atoms with Crippen LogP contribution < -0.4 is 10.9 Å². The second-order valence-corrected chi connectivity index (χ2v) is 4.85. The second kappa shape index (κ2) is 7.09. The molecule has 0 aliphatic heterocycles. The van der Waals surface area contributed by atoms with Crippen molar-refractivity contribution in [2.75, 3.05) is 13.2 Å². The Balaban J connectivity index is 2.75. The molecule has 0 radical (unpaired) electrons. The SMILES string of the molecule is CCOCC(NC(=O)c1ccn(C)c(=O)c1)C(C)C. The van der Waals surface area contributed by atoms with Crippen molar-refractivity contribution in [3.05, 3.63) is 34.2 Å². The summed E-state index contributed by atoms with van der Waals surface area (Å²) in [6, 6.07) is 2.92. The second-order valence-electron chi connectivity index (χ2n) is 4.85. The molecule has 0 saturated heterocycles. The Morgan fingerprint density at radius 1 is 1.47 bits per heavy atom. The zero-order chi connectivity index (χ0) is 14.4. The molecular formula is C14H22N2O3. The first kappa shape index (κ1) is 15.4. The van der Waals surface area contributed by atoms with E-state index < -0.39 is 0 Å². The summed E-state index contributed by atoms with van der Waals surface area (Å²) >= 11 is 0. The highest BCUT2D eigenvalue weighted by Gasteiger charge is 2.17. The number of carbonyl (C=O) groups is 1. The van der Waals surface area contributed by atoms with Crippen molar-refractivity contribution in [3.8, 4) is 0 Å². The number of ether oxygens (including phenoxy) is 1. The average Bonchev–Trinajstić information content (AvgIpc) is 2.37. The summed E-state index contributed by atoms with van der Waals surface area (Å²) in [6.45, 7) is 7.05. The molecule has 106 valence electrons. The molecule has 0 aliphatic rings. The van der Waals surface area contributed by atoms with E-state index in [2.05, 4.69) is 5.32 Å². The molecule has 1 N–H and O–H groups in total. The van der Waals surface area contributed by atoms with Crippen LogP contribution in [-0.4, -0.2) is 29.7 Å². The Morgan fingerprint density at radius 2 is 2.16 bits per heavy atom. The van der Waals surface area contributed by atoms with Gasteiger partial charge in [-0.15, -0.1) is 0 Å². The van der Waals surface area contributed by atoms with Gasteiger partial charge in [0.2, 0.25) is 0 Å². The Hall–Kier alpha value is -1.62. The van der Waals surface area contributed by atoms with Gasteiger partial charge in [0.1, 0.15) is 0 Å². The third-order valence-electron chi connectivity index (χ3n) is 2.99. The van der Waals surface area contributed by atoms with E-state index in [1.54, 1.807) is 19.3 Å². The van der Waals surface area contributed by atoms with Crippen molar-refractivity contribution in [1.82, 2.24) is 9.88 Å². The lowest BCUT2D eigenvalue weighted by molar-refractivity contribution is 0.0806. The number of carbonyl (C=O) groups excluding carboxylic acids is 1. The van der Waals surface area contributed by atoms with Crippen LogP contribution in [0.1, 0.15) is 31.1 Å². The Bertz CT molecular complexity index is 480. The summed E-state index contributed by atoms with van der Waals surface area (Å²) in [5.74, 6) is 0.0261. The topological polar surface area (TPSA) is 60.3 Å². The average molecular weight is 266 g/mol. The van der Waals surface area contributed by atoms with Crippen molar-refractivity contribution in [2.45, 2.75) is 26.8 Å². The maximum absolute atomic E-state index is 12.1. The Morgan fingerprint density at radius 3 is 2.68 bits per heavy atom. The minimum absolute atomic E-state index is 0.0588. The van der Waals surface area contributed by atoms with Gasteiger partial charge < -0.3 is 14.6 Å². The van der Waals surface area contributed by atoms with Gasteiger partial charge in [0.15, 0.2) is 0 Å². The number of aryl methyl sites for hydroxylation is 1. The van der Waals surface area contributed by atoms with Crippen LogP contribution in [0.4, 0.5) is 0 Å². The highest BCUT2D eigenvalue weighted by atomic mass is 16.5. The van der Waals surface area contributed by atoms with Crippen LogP contribution in [0.15, 0.2) is 23.1 Å². The number of nitrogens with zero attached hydrogens (tertiary/aromatic N) is 1. The van der Waals surface area contributed by atoms with Crippen LogP contribution in [-0.2, 0) is 11.8 Å². The van der Waals surface area contributed by atoms with E-state index >= 15 is 0 Å². The lowest BCUT2D eigenvalue weighted by Crippen LogP contribution is -2.42. The van der Waals surface area contributed by atoms with Crippen LogP contribution in [0, 0.1) is 5.92 Å². The molecule has 0 saturated carbocycles. The van der Waals surface area contributed by atoms with Gasteiger partial charge in [-0.1, -0.05) is 13.8 Å². The van der Waals surface area contributed by atoms with Gasteiger partial charge in [-0.3, -0.25) is 9.59 Å². The molecule has 0 fully saturated rings. The van der Waals surface area contributed by atoms with Crippen LogP contribution in [0.25, 0.3) is 0 Å². The molecule has 0 spiro atoms. The van der Waals surface area contributed by atoms with Crippen LogP contribution in [0.5, 0.6) is 0 Å². The van der Waals surface area contributed by atoms with E-state index in [-0.39, 0.29) is 23.4 Å². The highest BCUT2D eigenvalue weighted by Crippen LogP contribution is 2.04. The summed E-state index contributed by atoms with van der Waals surface area (Å²) in [5, 5.41) is 2.90. The fourth-order valence-electron chi connectivity index (χ4n) is 1.59. The standard InChI is InChI=1S/C14H22N2O3/c1-5-19-9-12(10(2)3)15-14(18)11-6-7-16(4)13(17)8-11/h6-8,10,12H,5,9H2,1-4H3,(H,15,18). The molecule has 5 heteroatoms. The molecule has 5 nitrogen and oxygen atoms in total. The van der Waals surface area contributed by atoms with Gasteiger partial charge >= 0.3 is 0 Å². The fourth-order valence-corrected chi connectivity index (χ4v) is 1.59. The molecule has 1 amide bonds. The molecule has 1 aromatic rings. The normalized spacial score (nSPS) is 12.5. The lowest BCUT2D eigenvalue weighted by Gasteiger charge is -2.22. The molecule has 1 atom stereocenters. The summed E-state index contributed by atoms with van der Waals surface area (Å²) < 4.78 is 6.78. The fraction of sp³-hybridized carbons (Fsp3) is 0.571. The lowest BCUT2D eigenvalue weighted by atomic mass is 10.0. The van der Waals surface area contributed by atoms with Crippen molar-refractivity contribution in [3.63, 3.8) is 0 Å². The van der Waals surface area contributed by atoms with Gasteiger partial charge in [0.05, 0.1) is 12.6 Å². The van der Waals surface area contributed by atoms with Gasteiger partial charge in [0.25, 0.3) is 11.5 Å². The zero-order valence-corrected chi connectivity index (χ0v) is 12.0. The van der Waals surface area contributed by atoms with Crippen LogP contribution in [0.2, 0.25) is 0 Å². The number of hydrogen-bond acceptors (Lipinski definition) is 3. The molecule has 0 aliphatic carbocycles. The Labute approximate surface area is 113 Å². The van der Waals surface area contributed by atoms with Crippen molar-refractivity contribution in [2.24, 2.45) is 13.0 Å². The van der Waals surface area contributed by atoms with E-state index in [9.17, 15) is 9.59 Å². The van der Waals surface area contributed by atoms with Gasteiger partial charge in [-0.25, -0.2) is 0 Å². The molecule has 1 unspecified atom stereocenters. The number of nitrogens with one attached hydrogen (secondary N) is 1. The number of hydrogen-bond donors (Lipinski definition) is 1. The molecule has 1 rings (SSSR count). The smallest absolute Gasteiger partial charge is 0.251 e. The number of pyridine rings is 1. The minimum atomic E-state index is -0.240. The molecule has 1 heterocycles. The predicted molar refractivity (Wildman–Crippen MR) is 74.3 cm³/mol. The van der Waals surface area contributed by atoms with Gasteiger partial charge in [-0.2, -0.15) is 0 Å². The van der Waals surface area contributed by atoms with E-state index in [0.717, 1.165) is 0 Å². The predicted octanol–water partition coefficient (Wildman–Crippen LogP) is 1.18. The number of aromatic nitrogens is 1. The van der Waals surface area contributed by atoms with Crippen LogP contribution >= 0.6 is 0 Å². The van der Waals surface area contributed by atoms with E-state index in [0.29, 0.717) is 18.8 Å². The summed E-state index contributed by atoms with van der Waals surface area (Å²) in [7, 11) is 1.65. The quantitative estimate of drug-likeness (QED) is 0.841. The van der Waals surface area contributed by atoms with E-state index in [1.807, 2.05) is 20.8 Å². The van der Waals surface area contributed by atoms with Crippen LogP contribution in [0.3, 0.4) is 0 Å². The zero-order valence-electron chi connectivity index (χ0n) is 12.0. The van der Waals surface area contributed by atoms with Gasteiger partial charge in [0, 0.05) is 31.5 Å². The summed E-state index contributed by atoms with van der Waals surface area (Å²) in [4.78, 5) is 23.6. The van der Waals surface area contributed by atoms with Gasteiger partial charge in [-0.05, 0) is 18.9 Å². The number of rotatable bonds is 6. The summed E-state index contributed by atoms with van der Waals surface area (Å²) in [5.41, 5.74) is 0.184.